The highest BCUT2D eigenvalue weighted by Crippen LogP contribution is 2.31. The normalized spacial score (nSPS) is 14.6. The number of aryl methyl sites for hydroxylation is 1. The van der Waals surface area contributed by atoms with Crippen molar-refractivity contribution in [2.24, 2.45) is 0 Å². The van der Waals surface area contributed by atoms with Crippen molar-refractivity contribution in [1.29, 1.82) is 0 Å². The average molecular weight is 406 g/mol. The smallest absolute Gasteiger partial charge is 0.416 e. The molecule has 1 heterocycles. The van der Waals surface area contributed by atoms with Crippen molar-refractivity contribution in [2.45, 2.75) is 13.1 Å². The molecule has 0 spiro atoms. The van der Waals surface area contributed by atoms with E-state index in [0.717, 1.165) is 17.7 Å². The van der Waals surface area contributed by atoms with Crippen LogP contribution in [0.25, 0.3) is 0 Å². The van der Waals surface area contributed by atoms with Crippen molar-refractivity contribution >= 4 is 17.6 Å². The van der Waals surface area contributed by atoms with Gasteiger partial charge in [0.1, 0.15) is 0 Å². The van der Waals surface area contributed by atoms with E-state index in [1.54, 1.807) is 40.1 Å². The van der Waals surface area contributed by atoms with Gasteiger partial charge in [-0.3, -0.25) is 4.79 Å². The number of carbonyl (C=O) groups excluding carboxylic acids is 2. The standard InChI is InChI=1S/C21H21F3N2O3/c1-15-5-7-16(8-6-15)20(28)29-14-19(27)26-11-9-25(10-12-26)18-4-2-3-17(13-18)21(22,23)24/h2-8,13H,9-12,14H2,1H3. The Bertz CT molecular complexity index is 873. The van der Waals surface area contributed by atoms with Gasteiger partial charge in [0.15, 0.2) is 6.61 Å². The number of anilines is 1. The SMILES string of the molecule is Cc1ccc(C(=O)OCC(=O)N2CCN(c3cccc(C(F)(F)F)c3)CC2)cc1. The summed E-state index contributed by atoms with van der Waals surface area (Å²) in [4.78, 5) is 27.6. The second-order valence-electron chi connectivity index (χ2n) is 6.86. The van der Waals surface area contributed by atoms with Gasteiger partial charge in [0.2, 0.25) is 0 Å². The maximum absolute atomic E-state index is 12.9. The molecule has 0 N–H and O–H groups in total. The number of amides is 1. The van der Waals surface area contributed by atoms with Crippen LogP contribution in [0.3, 0.4) is 0 Å². The largest absolute Gasteiger partial charge is 0.452 e. The number of benzene rings is 2. The molecule has 3 rings (SSSR count). The molecular weight excluding hydrogens is 385 g/mol. The first-order valence-corrected chi connectivity index (χ1v) is 9.18. The Hall–Kier alpha value is -3.03. The molecule has 2 aromatic carbocycles. The fraction of sp³-hybridized carbons (Fsp3) is 0.333. The Morgan fingerprint density at radius 1 is 1.00 bits per heavy atom. The molecule has 0 atom stereocenters. The Balaban J connectivity index is 1.51. The topological polar surface area (TPSA) is 49.9 Å². The minimum absolute atomic E-state index is 0.325. The van der Waals surface area contributed by atoms with Gasteiger partial charge in [-0.2, -0.15) is 13.2 Å². The number of piperazine rings is 1. The minimum atomic E-state index is -4.39. The molecule has 0 unspecified atom stereocenters. The third-order valence-corrected chi connectivity index (χ3v) is 4.79. The van der Waals surface area contributed by atoms with Gasteiger partial charge in [-0.15, -0.1) is 0 Å². The van der Waals surface area contributed by atoms with E-state index in [1.165, 1.54) is 6.07 Å². The number of ether oxygens (including phenoxy) is 1. The maximum atomic E-state index is 12.9. The van der Waals surface area contributed by atoms with Crippen molar-refractivity contribution in [3.8, 4) is 0 Å². The van der Waals surface area contributed by atoms with Crippen LogP contribution < -0.4 is 4.90 Å². The molecule has 29 heavy (non-hydrogen) atoms. The molecule has 0 aliphatic carbocycles. The van der Waals surface area contributed by atoms with Crippen molar-refractivity contribution in [3.63, 3.8) is 0 Å². The Morgan fingerprint density at radius 2 is 1.66 bits per heavy atom. The van der Waals surface area contributed by atoms with Crippen LogP contribution in [0.1, 0.15) is 21.5 Å². The van der Waals surface area contributed by atoms with E-state index < -0.39 is 17.7 Å². The van der Waals surface area contributed by atoms with Crippen LogP contribution in [-0.2, 0) is 15.7 Å². The number of alkyl halides is 3. The Labute approximate surface area is 166 Å². The number of rotatable bonds is 4. The molecule has 1 amide bonds. The zero-order valence-corrected chi connectivity index (χ0v) is 15.9. The molecule has 154 valence electrons. The molecular formula is C21H21F3N2O3. The minimum Gasteiger partial charge on any atom is -0.452 e. The van der Waals surface area contributed by atoms with Gasteiger partial charge in [0.05, 0.1) is 11.1 Å². The van der Waals surface area contributed by atoms with E-state index in [2.05, 4.69) is 0 Å². The summed E-state index contributed by atoms with van der Waals surface area (Å²) in [6.45, 7) is 3.03. The van der Waals surface area contributed by atoms with Crippen LogP contribution in [0.5, 0.6) is 0 Å². The van der Waals surface area contributed by atoms with E-state index in [-0.39, 0.29) is 12.5 Å². The van der Waals surface area contributed by atoms with Gasteiger partial charge in [0.25, 0.3) is 5.91 Å². The first kappa shape index (κ1) is 20.7. The molecule has 0 radical (unpaired) electrons. The molecule has 5 nitrogen and oxygen atoms in total. The maximum Gasteiger partial charge on any atom is 0.416 e. The van der Waals surface area contributed by atoms with Crippen molar-refractivity contribution in [2.75, 3.05) is 37.7 Å². The van der Waals surface area contributed by atoms with E-state index in [1.807, 2.05) is 6.92 Å². The first-order valence-electron chi connectivity index (χ1n) is 9.18. The van der Waals surface area contributed by atoms with Crippen LogP contribution in [0.15, 0.2) is 48.5 Å². The number of halogens is 3. The molecule has 0 saturated carbocycles. The van der Waals surface area contributed by atoms with Crippen molar-refractivity contribution < 1.29 is 27.5 Å². The Kier molecular flexibility index (Phi) is 6.10. The second kappa shape index (κ2) is 8.55. The van der Waals surface area contributed by atoms with E-state index in [4.69, 9.17) is 4.74 Å². The highest BCUT2D eigenvalue weighted by molar-refractivity contribution is 5.91. The number of nitrogens with zero attached hydrogens (tertiary/aromatic N) is 2. The third-order valence-electron chi connectivity index (χ3n) is 4.79. The summed E-state index contributed by atoms with van der Waals surface area (Å²) >= 11 is 0. The second-order valence-corrected chi connectivity index (χ2v) is 6.86. The summed E-state index contributed by atoms with van der Waals surface area (Å²) in [5.41, 5.74) is 1.16. The quantitative estimate of drug-likeness (QED) is 0.729. The zero-order chi connectivity index (χ0) is 21.0. The summed E-state index contributed by atoms with van der Waals surface area (Å²) in [6.07, 6.45) is -4.39. The predicted octanol–water partition coefficient (Wildman–Crippen LogP) is 3.52. The van der Waals surface area contributed by atoms with Crippen molar-refractivity contribution in [1.82, 2.24) is 4.90 Å². The average Bonchev–Trinajstić information content (AvgIpc) is 2.72. The van der Waals surface area contributed by atoms with Crippen LogP contribution in [0.4, 0.5) is 18.9 Å². The van der Waals surface area contributed by atoms with Crippen molar-refractivity contribution in [3.05, 3.63) is 65.2 Å². The summed E-state index contributed by atoms with van der Waals surface area (Å²) in [5, 5.41) is 0. The monoisotopic (exact) mass is 406 g/mol. The highest BCUT2D eigenvalue weighted by atomic mass is 19.4. The molecule has 1 fully saturated rings. The number of esters is 1. The fourth-order valence-corrected chi connectivity index (χ4v) is 3.08. The molecule has 0 bridgehead atoms. The van der Waals surface area contributed by atoms with Gasteiger partial charge < -0.3 is 14.5 Å². The molecule has 0 aromatic heterocycles. The summed E-state index contributed by atoms with van der Waals surface area (Å²) in [5.74, 6) is -0.893. The lowest BCUT2D eigenvalue weighted by molar-refractivity contribution is -0.137. The van der Waals surface area contributed by atoms with Crippen LogP contribution in [-0.4, -0.2) is 49.6 Å². The van der Waals surface area contributed by atoms with Gasteiger partial charge >= 0.3 is 12.1 Å². The van der Waals surface area contributed by atoms with E-state index in [0.29, 0.717) is 37.4 Å². The molecule has 8 heteroatoms. The van der Waals surface area contributed by atoms with Crippen LogP contribution >= 0.6 is 0 Å². The first-order chi connectivity index (χ1) is 13.7. The number of hydrogen-bond donors (Lipinski definition) is 0. The summed E-state index contributed by atoms with van der Waals surface area (Å²) in [6, 6.07) is 12.0. The fourth-order valence-electron chi connectivity index (χ4n) is 3.08. The highest BCUT2D eigenvalue weighted by Gasteiger charge is 2.31. The third kappa shape index (κ3) is 5.28. The summed E-state index contributed by atoms with van der Waals surface area (Å²) < 4.78 is 43.7. The van der Waals surface area contributed by atoms with Crippen LogP contribution in [0, 0.1) is 6.92 Å². The number of hydrogen-bond acceptors (Lipinski definition) is 4. The van der Waals surface area contributed by atoms with Gasteiger partial charge in [-0.1, -0.05) is 23.8 Å². The zero-order valence-electron chi connectivity index (χ0n) is 15.9. The lowest BCUT2D eigenvalue weighted by Gasteiger charge is -2.36. The molecule has 1 aliphatic heterocycles. The van der Waals surface area contributed by atoms with Gasteiger partial charge in [0, 0.05) is 31.9 Å². The van der Waals surface area contributed by atoms with E-state index >= 15 is 0 Å². The van der Waals surface area contributed by atoms with Gasteiger partial charge in [-0.05, 0) is 37.3 Å². The van der Waals surface area contributed by atoms with Gasteiger partial charge in [-0.25, -0.2) is 4.79 Å². The van der Waals surface area contributed by atoms with E-state index in [9.17, 15) is 22.8 Å². The lowest BCUT2D eigenvalue weighted by Crippen LogP contribution is -2.50. The Morgan fingerprint density at radius 3 is 2.28 bits per heavy atom. The molecule has 1 aliphatic rings. The number of carbonyl (C=O) groups is 2. The predicted molar refractivity (Wildman–Crippen MR) is 102 cm³/mol. The summed E-state index contributed by atoms with van der Waals surface area (Å²) in [7, 11) is 0. The lowest BCUT2D eigenvalue weighted by atomic mass is 10.1. The van der Waals surface area contributed by atoms with Crippen LogP contribution in [0.2, 0.25) is 0 Å². The molecule has 2 aromatic rings. The molecule has 1 saturated heterocycles.